The number of carbonyl (C=O) groups excluding carboxylic acids is 2. The largest absolute Gasteiger partial charge is 0.339 e. The molecule has 0 aromatic carbocycles. The highest BCUT2D eigenvalue weighted by molar-refractivity contribution is 5.80. The third-order valence-electron chi connectivity index (χ3n) is 3.30. The maximum atomic E-state index is 11.9. The average molecular weight is 255 g/mol. The number of nitrogens with two attached hydrogens (primary N) is 1. The first-order chi connectivity index (χ1) is 8.45. The van der Waals surface area contributed by atoms with Gasteiger partial charge in [0.15, 0.2) is 0 Å². The smallest absolute Gasteiger partial charge is 0.226 e. The SMILES string of the molecule is CC(C)CC(=O)N1CCN(C(=O)C(C)CN)CC1. The van der Waals surface area contributed by atoms with Gasteiger partial charge in [-0.2, -0.15) is 0 Å². The molecule has 0 spiro atoms. The fourth-order valence-corrected chi connectivity index (χ4v) is 2.07. The molecule has 2 N–H and O–H groups in total. The lowest BCUT2D eigenvalue weighted by Crippen LogP contribution is -2.52. The molecular weight excluding hydrogens is 230 g/mol. The van der Waals surface area contributed by atoms with Crippen LogP contribution in [0.5, 0.6) is 0 Å². The number of hydrogen-bond acceptors (Lipinski definition) is 3. The Labute approximate surface area is 109 Å². The van der Waals surface area contributed by atoms with Crippen LogP contribution in [-0.4, -0.2) is 54.3 Å². The van der Waals surface area contributed by atoms with E-state index in [9.17, 15) is 9.59 Å². The summed E-state index contributed by atoms with van der Waals surface area (Å²) < 4.78 is 0. The summed E-state index contributed by atoms with van der Waals surface area (Å²) in [4.78, 5) is 27.5. The van der Waals surface area contributed by atoms with E-state index in [0.29, 0.717) is 45.1 Å². The van der Waals surface area contributed by atoms with E-state index in [-0.39, 0.29) is 17.7 Å². The zero-order valence-corrected chi connectivity index (χ0v) is 11.7. The van der Waals surface area contributed by atoms with Crippen molar-refractivity contribution in [3.05, 3.63) is 0 Å². The Morgan fingerprint density at radius 1 is 1.06 bits per heavy atom. The second-order valence-electron chi connectivity index (χ2n) is 5.44. The van der Waals surface area contributed by atoms with Crippen molar-refractivity contribution >= 4 is 11.8 Å². The molecule has 5 nitrogen and oxygen atoms in total. The van der Waals surface area contributed by atoms with Gasteiger partial charge in [-0.25, -0.2) is 0 Å². The van der Waals surface area contributed by atoms with Gasteiger partial charge < -0.3 is 15.5 Å². The van der Waals surface area contributed by atoms with Gasteiger partial charge in [-0.15, -0.1) is 0 Å². The van der Waals surface area contributed by atoms with Gasteiger partial charge in [-0.3, -0.25) is 9.59 Å². The molecular formula is C13H25N3O2. The summed E-state index contributed by atoms with van der Waals surface area (Å²) in [5.74, 6) is 0.565. The molecule has 104 valence electrons. The van der Waals surface area contributed by atoms with Gasteiger partial charge in [0.25, 0.3) is 0 Å². The minimum atomic E-state index is -0.122. The van der Waals surface area contributed by atoms with Gasteiger partial charge in [0.2, 0.25) is 11.8 Å². The summed E-state index contributed by atoms with van der Waals surface area (Å²) in [6, 6.07) is 0. The maximum Gasteiger partial charge on any atom is 0.226 e. The van der Waals surface area contributed by atoms with E-state index in [4.69, 9.17) is 5.73 Å². The van der Waals surface area contributed by atoms with Crippen molar-refractivity contribution in [3.63, 3.8) is 0 Å². The molecule has 18 heavy (non-hydrogen) atoms. The molecule has 1 rings (SSSR count). The number of rotatable bonds is 4. The van der Waals surface area contributed by atoms with E-state index >= 15 is 0 Å². The zero-order valence-electron chi connectivity index (χ0n) is 11.7. The fourth-order valence-electron chi connectivity index (χ4n) is 2.07. The van der Waals surface area contributed by atoms with Gasteiger partial charge in [-0.1, -0.05) is 20.8 Å². The Balaban J connectivity index is 2.41. The van der Waals surface area contributed by atoms with Crippen LogP contribution in [0.15, 0.2) is 0 Å². The monoisotopic (exact) mass is 255 g/mol. The molecule has 1 aliphatic heterocycles. The molecule has 1 fully saturated rings. The summed E-state index contributed by atoms with van der Waals surface area (Å²) in [6.07, 6.45) is 0.590. The van der Waals surface area contributed by atoms with Crippen LogP contribution in [0.1, 0.15) is 27.2 Å². The van der Waals surface area contributed by atoms with Gasteiger partial charge in [0, 0.05) is 45.1 Å². The van der Waals surface area contributed by atoms with Crippen LogP contribution < -0.4 is 5.73 Å². The number of piperazine rings is 1. The van der Waals surface area contributed by atoms with Crippen LogP contribution in [0.25, 0.3) is 0 Å². The first kappa shape index (κ1) is 15.0. The molecule has 0 aliphatic carbocycles. The molecule has 0 aromatic heterocycles. The molecule has 0 bridgehead atoms. The van der Waals surface area contributed by atoms with Gasteiger partial charge in [0.1, 0.15) is 0 Å². The fraction of sp³-hybridized carbons (Fsp3) is 0.846. The Morgan fingerprint density at radius 2 is 1.56 bits per heavy atom. The molecule has 1 unspecified atom stereocenters. The topological polar surface area (TPSA) is 66.6 Å². The molecule has 5 heteroatoms. The summed E-state index contributed by atoms with van der Waals surface area (Å²) in [5, 5.41) is 0. The summed E-state index contributed by atoms with van der Waals surface area (Å²) in [5.41, 5.74) is 5.50. The first-order valence-corrected chi connectivity index (χ1v) is 6.72. The van der Waals surface area contributed by atoms with Crippen molar-refractivity contribution in [2.24, 2.45) is 17.6 Å². The molecule has 2 amide bonds. The second kappa shape index (κ2) is 6.73. The van der Waals surface area contributed by atoms with Gasteiger partial charge in [-0.05, 0) is 5.92 Å². The van der Waals surface area contributed by atoms with E-state index in [0.717, 1.165) is 0 Å². The third-order valence-corrected chi connectivity index (χ3v) is 3.30. The minimum Gasteiger partial charge on any atom is -0.339 e. The van der Waals surface area contributed by atoms with Crippen LogP contribution in [-0.2, 0) is 9.59 Å². The van der Waals surface area contributed by atoms with Gasteiger partial charge >= 0.3 is 0 Å². The second-order valence-corrected chi connectivity index (χ2v) is 5.44. The third kappa shape index (κ3) is 3.98. The highest BCUT2D eigenvalue weighted by atomic mass is 16.2. The van der Waals surface area contributed by atoms with E-state index in [1.54, 1.807) is 0 Å². The molecule has 0 aromatic rings. The van der Waals surface area contributed by atoms with Crippen LogP contribution in [0, 0.1) is 11.8 Å². The number of hydrogen-bond donors (Lipinski definition) is 1. The van der Waals surface area contributed by atoms with Crippen LogP contribution >= 0.6 is 0 Å². The zero-order chi connectivity index (χ0) is 13.7. The first-order valence-electron chi connectivity index (χ1n) is 6.72. The van der Waals surface area contributed by atoms with Crippen LogP contribution in [0.2, 0.25) is 0 Å². The quantitative estimate of drug-likeness (QED) is 0.785. The Bertz CT molecular complexity index is 297. The number of nitrogens with zero attached hydrogens (tertiary/aromatic N) is 2. The molecule has 1 heterocycles. The van der Waals surface area contributed by atoms with E-state index in [1.165, 1.54) is 0 Å². The predicted molar refractivity (Wildman–Crippen MR) is 70.8 cm³/mol. The van der Waals surface area contributed by atoms with Crippen molar-refractivity contribution in [2.45, 2.75) is 27.2 Å². The summed E-state index contributed by atoms with van der Waals surface area (Å²) in [7, 11) is 0. The summed E-state index contributed by atoms with van der Waals surface area (Å²) >= 11 is 0. The number of amides is 2. The maximum absolute atomic E-state index is 11.9. The van der Waals surface area contributed by atoms with E-state index in [2.05, 4.69) is 0 Å². The molecule has 1 aliphatic rings. The van der Waals surface area contributed by atoms with Crippen LogP contribution in [0.4, 0.5) is 0 Å². The van der Waals surface area contributed by atoms with Crippen molar-refractivity contribution in [1.82, 2.24) is 9.80 Å². The lowest BCUT2D eigenvalue weighted by Gasteiger charge is -2.36. The Kier molecular flexibility index (Phi) is 5.59. The molecule has 0 radical (unpaired) electrons. The van der Waals surface area contributed by atoms with E-state index < -0.39 is 0 Å². The van der Waals surface area contributed by atoms with Crippen molar-refractivity contribution < 1.29 is 9.59 Å². The molecule has 1 saturated heterocycles. The van der Waals surface area contributed by atoms with Crippen molar-refractivity contribution in [3.8, 4) is 0 Å². The highest BCUT2D eigenvalue weighted by Crippen LogP contribution is 2.10. The normalized spacial score (nSPS) is 18.1. The van der Waals surface area contributed by atoms with Crippen molar-refractivity contribution in [1.29, 1.82) is 0 Å². The Morgan fingerprint density at radius 3 is 2.00 bits per heavy atom. The van der Waals surface area contributed by atoms with Crippen molar-refractivity contribution in [2.75, 3.05) is 32.7 Å². The van der Waals surface area contributed by atoms with Gasteiger partial charge in [0.05, 0.1) is 0 Å². The van der Waals surface area contributed by atoms with E-state index in [1.807, 2.05) is 30.6 Å². The number of carbonyl (C=O) groups is 2. The Hall–Kier alpha value is -1.10. The standard InChI is InChI=1S/C13H25N3O2/c1-10(2)8-12(17)15-4-6-16(7-5-15)13(18)11(3)9-14/h10-11H,4-9,14H2,1-3H3. The lowest BCUT2D eigenvalue weighted by atomic mass is 10.1. The highest BCUT2D eigenvalue weighted by Gasteiger charge is 2.26. The van der Waals surface area contributed by atoms with Crippen LogP contribution in [0.3, 0.4) is 0 Å². The lowest BCUT2D eigenvalue weighted by molar-refractivity contribution is -0.141. The molecule has 0 saturated carbocycles. The predicted octanol–water partition coefficient (Wildman–Crippen LogP) is 0.298. The molecule has 1 atom stereocenters. The summed E-state index contributed by atoms with van der Waals surface area (Å²) in [6.45, 7) is 8.87. The average Bonchev–Trinajstić information content (AvgIpc) is 2.36. The minimum absolute atomic E-state index is 0.105.